The van der Waals surface area contributed by atoms with Crippen molar-refractivity contribution in [1.82, 2.24) is 15.0 Å². The monoisotopic (exact) mass is 682 g/mol. The van der Waals surface area contributed by atoms with Crippen molar-refractivity contribution in [2.75, 3.05) is 61.7 Å². The molecule has 48 heavy (non-hydrogen) atoms. The van der Waals surface area contributed by atoms with E-state index in [4.69, 9.17) is 14.2 Å². The number of halogens is 6. The number of esters is 1. The van der Waals surface area contributed by atoms with Crippen molar-refractivity contribution in [3.8, 4) is 5.88 Å². The van der Waals surface area contributed by atoms with Gasteiger partial charge in [-0.15, -0.1) is 0 Å². The number of hydrogen-bond donors (Lipinski definition) is 1. The Balaban J connectivity index is 1.54. The third kappa shape index (κ3) is 8.02. The average Bonchev–Trinajstić information content (AvgIpc) is 3.05. The highest BCUT2D eigenvalue weighted by Crippen LogP contribution is 2.40. The van der Waals surface area contributed by atoms with Crippen LogP contribution >= 0.6 is 0 Å². The summed E-state index contributed by atoms with van der Waals surface area (Å²) in [6, 6.07) is 4.42. The maximum Gasteiger partial charge on any atom is 0.416 e. The van der Waals surface area contributed by atoms with Crippen LogP contribution < -0.4 is 19.9 Å². The number of aromatic nitrogens is 3. The Bertz CT molecular complexity index is 1570. The molecule has 0 spiro atoms. The number of nitrogens with one attached hydrogen (secondary N) is 1. The van der Waals surface area contributed by atoms with Crippen LogP contribution in [-0.2, 0) is 33.0 Å². The number of nitrogens with zero attached hydrogens (tertiary/aromatic N) is 5. The zero-order valence-electron chi connectivity index (χ0n) is 26.6. The molecule has 1 saturated heterocycles. The van der Waals surface area contributed by atoms with Crippen molar-refractivity contribution in [1.29, 1.82) is 0 Å². The molecule has 4 heterocycles. The Hall–Kier alpha value is -4.34. The van der Waals surface area contributed by atoms with Crippen LogP contribution in [0.4, 0.5) is 43.7 Å². The Kier molecular flexibility index (Phi) is 10.5. The van der Waals surface area contributed by atoms with Crippen molar-refractivity contribution in [2.24, 2.45) is 0 Å². The number of alkyl halides is 6. The number of carbonyl (C=O) groups excluding carboxylic acids is 1. The SMILES string of the molecule is CCOC(=O)CN1c2ccc(OC)nc2[C@@H](Nc2ncc(N3CCOCC3)c(Cc3cc(C(F)(F)F)cc(C(F)(F)F)c3)n2)C[C@H]1CC. The summed E-state index contributed by atoms with van der Waals surface area (Å²) in [6.07, 6.45) is -7.64. The molecule has 0 bridgehead atoms. The molecule has 1 aromatic carbocycles. The van der Waals surface area contributed by atoms with Gasteiger partial charge in [0.05, 0.1) is 73.1 Å². The molecule has 0 aliphatic carbocycles. The number of ether oxygens (including phenoxy) is 3. The van der Waals surface area contributed by atoms with Gasteiger partial charge in [0, 0.05) is 31.6 Å². The molecule has 1 fully saturated rings. The maximum absolute atomic E-state index is 13.7. The number of fused-ring (bicyclic) bond motifs is 1. The fourth-order valence-electron chi connectivity index (χ4n) is 5.99. The minimum absolute atomic E-state index is 0.00583. The van der Waals surface area contributed by atoms with Crippen molar-refractivity contribution in [3.05, 3.63) is 64.6 Å². The summed E-state index contributed by atoms with van der Waals surface area (Å²) in [5, 5.41) is 3.29. The van der Waals surface area contributed by atoms with E-state index in [0.717, 1.165) is 0 Å². The molecule has 260 valence electrons. The van der Waals surface area contributed by atoms with Gasteiger partial charge in [-0.25, -0.2) is 15.0 Å². The highest BCUT2D eigenvalue weighted by atomic mass is 19.4. The Labute approximate surface area is 273 Å². The van der Waals surface area contributed by atoms with Crippen LogP contribution in [0, 0.1) is 0 Å². The van der Waals surface area contributed by atoms with Crippen LogP contribution in [0.2, 0.25) is 0 Å². The second-order valence-corrected chi connectivity index (χ2v) is 11.4. The molecule has 2 aliphatic heterocycles. The average molecular weight is 683 g/mol. The first-order valence-electron chi connectivity index (χ1n) is 15.5. The molecule has 2 aliphatic rings. The van der Waals surface area contributed by atoms with Gasteiger partial charge in [-0.2, -0.15) is 26.3 Å². The van der Waals surface area contributed by atoms with Crippen LogP contribution in [0.25, 0.3) is 0 Å². The van der Waals surface area contributed by atoms with E-state index in [1.807, 2.05) is 16.7 Å². The number of benzene rings is 1. The first-order valence-corrected chi connectivity index (χ1v) is 15.5. The van der Waals surface area contributed by atoms with E-state index < -0.39 is 29.5 Å². The molecule has 16 heteroatoms. The zero-order chi connectivity index (χ0) is 34.6. The summed E-state index contributed by atoms with van der Waals surface area (Å²) in [7, 11) is 1.48. The Morgan fingerprint density at radius 2 is 1.69 bits per heavy atom. The number of carbonyl (C=O) groups is 1. The molecular formula is C32H36F6N6O4. The molecule has 0 unspecified atom stereocenters. The maximum atomic E-state index is 13.7. The number of morpholine rings is 1. The van der Waals surface area contributed by atoms with Gasteiger partial charge in [-0.3, -0.25) is 4.79 Å². The van der Waals surface area contributed by atoms with Gasteiger partial charge >= 0.3 is 18.3 Å². The topological polar surface area (TPSA) is 102 Å². The van der Waals surface area contributed by atoms with E-state index in [1.165, 1.54) is 13.3 Å². The van der Waals surface area contributed by atoms with E-state index in [2.05, 4.69) is 20.3 Å². The number of methoxy groups -OCH3 is 1. The van der Waals surface area contributed by atoms with E-state index in [-0.39, 0.29) is 54.9 Å². The van der Waals surface area contributed by atoms with Crippen molar-refractivity contribution < 1.29 is 45.3 Å². The molecule has 10 nitrogen and oxygen atoms in total. The van der Waals surface area contributed by atoms with Crippen LogP contribution in [0.3, 0.4) is 0 Å². The lowest BCUT2D eigenvalue weighted by molar-refractivity contribution is -0.143. The van der Waals surface area contributed by atoms with Gasteiger partial charge in [0.2, 0.25) is 11.8 Å². The number of pyridine rings is 1. The summed E-state index contributed by atoms with van der Waals surface area (Å²) in [5.41, 5.74) is -1.05. The zero-order valence-corrected chi connectivity index (χ0v) is 26.6. The summed E-state index contributed by atoms with van der Waals surface area (Å²) >= 11 is 0. The smallest absolute Gasteiger partial charge is 0.416 e. The van der Waals surface area contributed by atoms with Gasteiger partial charge in [-0.1, -0.05) is 6.92 Å². The van der Waals surface area contributed by atoms with Gasteiger partial charge in [-0.05, 0) is 49.6 Å². The highest BCUT2D eigenvalue weighted by molar-refractivity contribution is 5.77. The summed E-state index contributed by atoms with van der Waals surface area (Å²) in [5.74, 6) is 0.0549. The van der Waals surface area contributed by atoms with Crippen LogP contribution in [-0.4, -0.2) is 73.5 Å². The van der Waals surface area contributed by atoms with Crippen molar-refractivity contribution >= 4 is 23.3 Å². The molecule has 0 radical (unpaired) electrons. The fraction of sp³-hybridized carbons (Fsp3) is 0.500. The molecule has 0 saturated carbocycles. The van der Waals surface area contributed by atoms with Gasteiger partial charge in [0.1, 0.15) is 6.54 Å². The summed E-state index contributed by atoms with van der Waals surface area (Å²) in [6.45, 7) is 5.60. The molecular weight excluding hydrogens is 646 g/mol. The second kappa shape index (κ2) is 14.4. The first-order chi connectivity index (χ1) is 22.8. The van der Waals surface area contributed by atoms with Crippen LogP contribution in [0.5, 0.6) is 5.88 Å². The van der Waals surface area contributed by atoms with Crippen molar-refractivity contribution in [2.45, 2.75) is 57.5 Å². The lowest BCUT2D eigenvalue weighted by Crippen LogP contribution is -2.45. The molecule has 2 atom stereocenters. The van der Waals surface area contributed by atoms with Gasteiger partial charge in [0.25, 0.3) is 0 Å². The fourth-order valence-corrected chi connectivity index (χ4v) is 5.99. The van der Waals surface area contributed by atoms with E-state index in [0.29, 0.717) is 74.2 Å². The largest absolute Gasteiger partial charge is 0.481 e. The molecule has 0 amide bonds. The third-order valence-electron chi connectivity index (χ3n) is 8.27. The van der Waals surface area contributed by atoms with Crippen molar-refractivity contribution in [3.63, 3.8) is 0 Å². The third-order valence-corrected chi connectivity index (χ3v) is 8.27. The normalized spacial score (nSPS) is 18.4. The van der Waals surface area contributed by atoms with E-state index >= 15 is 0 Å². The number of rotatable bonds is 10. The highest BCUT2D eigenvalue weighted by Gasteiger charge is 2.38. The molecule has 5 rings (SSSR count). The lowest BCUT2D eigenvalue weighted by Gasteiger charge is -2.41. The van der Waals surface area contributed by atoms with E-state index in [9.17, 15) is 31.1 Å². The Morgan fingerprint density at radius 3 is 2.29 bits per heavy atom. The van der Waals surface area contributed by atoms with Gasteiger partial charge < -0.3 is 29.3 Å². The van der Waals surface area contributed by atoms with E-state index in [1.54, 1.807) is 19.1 Å². The first kappa shape index (κ1) is 35.0. The predicted molar refractivity (Wildman–Crippen MR) is 164 cm³/mol. The second-order valence-electron chi connectivity index (χ2n) is 11.4. The molecule has 1 N–H and O–H groups in total. The summed E-state index contributed by atoms with van der Waals surface area (Å²) in [4.78, 5) is 30.2. The predicted octanol–water partition coefficient (Wildman–Crippen LogP) is 6.05. The summed E-state index contributed by atoms with van der Waals surface area (Å²) < 4.78 is 98.0. The van der Waals surface area contributed by atoms with Crippen LogP contribution in [0.15, 0.2) is 36.5 Å². The lowest BCUT2D eigenvalue weighted by atomic mass is 9.93. The Morgan fingerprint density at radius 1 is 1.00 bits per heavy atom. The molecule has 3 aromatic rings. The number of hydrogen-bond acceptors (Lipinski definition) is 10. The molecule has 2 aromatic heterocycles. The number of anilines is 3. The van der Waals surface area contributed by atoms with Gasteiger partial charge in [0.15, 0.2) is 0 Å². The standard InChI is InChI=1S/C32H36F6N6O4/c1-4-22-16-24(29-25(6-7-27(42-29)46-3)44(22)18-28(45)48-5-2)41-30-39-17-26(43-8-10-47-11-9-43)23(40-30)14-19-12-20(31(33,34)35)15-21(13-19)32(36,37)38/h6-7,12-13,15,17,22,24H,4-5,8-11,14,16,18H2,1-3H3,(H,39,40,41)/t22-,24+/m1/s1. The minimum atomic E-state index is -4.99. The quantitative estimate of drug-likeness (QED) is 0.201. The van der Waals surface area contributed by atoms with Crippen LogP contribution in [0.1, 0.15) is 60.8 Å². The minimum Gasteiger partial charge on any atom is -0.481 e.